The number of guanidine groups is 1. The standard InChI is InChI=1S/C18H37N5O2/c1-8-19-16(20-9-10-21-17(24)25-18(5,6)7)22-15-12-23(13(2)3)11-14(15)4/h13-15H,8-12H2,1-7H3,(H,21,24)(H2,19,20,22). The number of hydrogen-bond donors (Lipinski definition) is 3. The first-order valence-corrected chi connectivity index (χ1v) is 9.38. The van der Waals surface area contributed by atoms with Gasteiger partial charge in [0.05, 0.1) is 6.54 Å². The van der Waals surface area contributed by atoms with E-state index in [0.717, 1.165) is 25.6 Å². The minimum absolute atomic E-state index is 0.388. The molecular weight excluding hydrogens is 318 g/mol. The number of rotatable bonds is 6. The van der Waals surface area contributed by atoms with E-state index in [2.05, 4.69) is 53.5 Å². The fourth-order valence-corrected chi connectivity index (χ4v) is 2.75. The summed E-state index contributed by atoms with van der Waals surface area (Å²) in [6.07, 6.45) is -0.405. The molecule has 1 aliphatic rings. The van der Waals surface area contributed by atoms with Crippen LogP contribution in [0, 0.1) is 5.92 Å². The molecule has 1 aliphatic heterocycles. The van der Waals surface area contributed by atoms with Crippen LogP contribution < -0.4 is 16.0 Å². The SMILES string of the molecule is CCNC(=NCCNC(=O)OC(C)(C)C)NC1CN(C(C)C)CC1C. The third-order valence-corrected chi connectivity index (χ3v) is 4.09. The number of carbonyl (C=O) groups excluding carboxylic acids is 1. The van der Waals surface area contributed by atoms with Gasteiger partial charge in [-0.25, -0.2) is 4.79 Å². The summed E-state index contributed by atoms with van der Waals surface area (Å²) in [4.78, 5) is 18.7. The summed E-state index contributed by atoms with van der Waals surface area (Å²) in [6.45, 7) is 18.2. The summed E-state index contributed by atoms with van der Waals surface area (Å²) < 4.78 is 5.21. The first-order valence-electron chi connectivity index (χ1n) is 9.38. The normalized spacial score (nSPS) is 22.2. The van der Waals surface area contributed by atoms with Gasteiger partial charge in [-0.05, 0) is 47.5 Å². The summed E-state index contributed by atoms with van der Waals surface area (Å²) >= 11 is 0. The molecule has 0 aromatic heterocycles. The van der Waals surface area contributed by atoms with Crippen molar-refractivity contribution in [1.82, 2.24) is 20.9 Å². The zero-order valence-corrected chi connectivity index (χ0v) is 17.0. The van der Waals surface area contributed by atoms with Crippen LogP contribution in [0.4, 0.5) is 4.79 Å². The molecule has 0 bridgehead atoms. The van der Waals surface area contributed by atoms with E-state index in [1.807, 2.05) is 20.8 Å². The lowest BCUT2D eigenvalue weighted by molar-refractivity contribution is 0.0529. The van der Waals surface area contributed by atoms with Crippen LogP contribution >= 0.6 is 0 Å². The van der Waals surface area contributed by atoms with Crippen LogP contribution in [-0.2, 0) is 4.74 Å². The van der Waals surface area contributed by atoms with E-state index in [4.69, 9.17) is 4.74 Å². The van der Waals surface area contributed by atoms with Crippen molar-refractivity contribution >= 4 is 12.1 Å². The number of aliphatic imine (C=N–C) groups is 1. The second kappa shape index (κ2) is 9.85. The third kappa shape index (κ3) is 8.43. The van der Waals surface area contributed by atoms with Crippen LogP contribution in [0.2, 0.25) is 0 Å². The predicted molar refractivity (Wildman–Crippen MR) is 103 cm³/mol. The number of alkyl carbamates (subject to hydrolysis) is 1. The Hall–Kier alpha value is -1.50. The number of ether oxygens (including phenoxy) is 1. The first-order chi connectivity index (χ1) is 11.6. The van der Waals surface area contributed by atoms with Crippen LogP contribution in [0.3, 0.4) is 0 Å². The molecule has 1 saturated heterocycles. The smallest absolute Gasteiger partial charge is 0.407 e. The van der Waals surface area contributed by atoms with Crippen molar-refractivity contribution in [2.24, 2.45) is 10.9 Å². The maximum atomic E-state index is 11.6. The number of amides is 1. The molecule has 1 amide bonds. The predicted octanol–water partition coefficient (Wildman–Crippen LogP) is 1.79. The van der Waals surface area contributed by atoms with Gasteiger partial charge in [-0.1, -0.05) is 6.92 Å². The third-order valence-electron chi connectivity index (χ3n) is 4.09. The molecule has 7 nitrogen and oxygen atoms in total. The Labute approximate surface area is 153 Å². The average molecular weight is 356 g/mol. The van der Waals surface area contributed by atoms with Crippen LogP contribution in [0.25, 0.3) is 0 Å². The van der Waals surface area contributed by atoms with E-state index in [0.29, 0.717) is 31.1 Å². The van der Waals surface area contributed by atoms with Crippen molar-refractivity contribution in [3.05, 3.63) is 0 Å². The van der Waals surface area contributed by atoms with E-state index in [1.165, 1.54) is 0 Å². The highest BCUT2D eigenvalue weighted by molar-refractivity contribution is 5.80. The molecule has 1 heterocycles. The van der Waals surface area contributed by atoms with E-state index in [1.54, 1.807) is 0 Å². The lowest BCUT2D eigenvalue weighted by Crippen LogP contribution is -2.47. The van der Waals surface area contributed by atoms with Crippen molar-refractivity contribution in [3.8, 4) is 0 Å². The van der Waals surface area contributed by atoms with Crippen molar-refractivity contribution in [2.75, 3.05) is 32.7 Å². The number of likely N-dealkylation sites (tertiary alicyclic amines) is 1. The highest BCUT2D eigenvalue weighted by Gasteiger charge is 2.31. The zero-order valence-electron chi connectivity index (χ0n) is 17.0. The summed E-state index contributed by atoms with van der Waals surface area (Å²) in [5, 5.41) is 9.54. The second-order valence-electron chi connectivity index (χ2n) is 7.97. The molecule has 0 aromatic rings. The largest absolute Gasteiger partial charge is 0.444 e. The fraction of sp³-hybridized carbons (Fsp3) is 0.889. The lowest BCUT2D eigenvalue weighted by Gasteiger charge is -2.22. The van der Waals surface area contributed by atoms with Gasteiger partial charge < -0.3 is 20.7 Å². The van der Waals surface area contributed by atoms with Crippen molar-refractivity contribution in [1.29, 1.82) is 0 Å². The molecule has 25 heavy (non-hydrogen) atoms. The van der Waals surface area contributed by atoms with Crippen molar-refractivity contribution < 1.29 is 9.53 Å². The van der Waals surface area contributed by atoms with Gasteiger partial charge in [-0.3, -0.25) is 9.89 Å². The molecule has 2 atom stereocenters. The molecule has 0 aliphatic carbocycles. The first kappa shape index (κ1) is 21.5. The minimum atomic E-state index is -0.481. The molecule has 3 N–H and O–H groups in total. The molecule has 0 spiro atoms. The monoisotopic (exact) mass is 355 g/mol. The highest BCUT2D eigenvalue weighted by atomic mass is 16.6. The van der Waals surface area contributed by atoms with Crippen LogP contribution in [0.1, 0.15) is 48.5 Å². The minimum Gasteiger partial charge on any atom is -0.444 e. The lowest BCUT2D eigenvalue weighted by atomic mass is 10.1. The summed E-state index contributed by atoms with van der Waals surface area (Å²) in [5.74, 6) is 1.38. The van der Waals surface area contributed by atoms with Gasteiger partial charge in [0.2, 0.25) is 0 Å². The summed E-state index contributed by atoms with van der Waals surface area (Å²) in [5.41, 5.74) is -0.481. The fourth-order valence-electron chi connectivity index (χ4n) is 2.75. The average Bonchev–Trinajstić information content (AvgIpc) is 2.83. The Morgan fingerprint density at radius 3 is 2.48 bits per heavy atom. The van der Waals surface area contributed by atoms with E-state index < -0.39 is 11.7 Å². The Morgan fingerprint density at radius 2 is 1.96 bits per heavy atom. The Morgan fingerprint density at radius 1 is 1.28 bits per heavy atom. The quantitative estimate of drug-likeness (QED) is 0.385. The Bertz CT molecular complexity index is 445. The molecular formula is C18H37N5O2. The number of carbonyl (C=O) groups is 1. The van der Waals surface area contributed by atoms with Gasteiger partial charge in [0.1, 0.15) is 5.60 Å². The van der Waals surface area contributed by atoms with Gasteiger partial charge in [0.25, 0.3) is 0 Å². The van der Waals surface area contributed by atoms with Gasteiger partial charge in [-0.15, -0.1) is 0 Å². The number of nitrogens with zero attached hydrogens (tertiary/aromatic N) is 2. The molecule has 1 rings (SSSR count). The zero-order chi connectivity index (χ0) is 19.0. The molecule has 0 aromatic carbocycles. The Balaban J connectivity index is 2.45. The maximum absolute atomic E-state index is 11.6. The van der Waals surface area contributed by atoms with Crippen LogP contribution in [-0.4, -0.2) is 67.4 Å². The van der Waals surface area contributed by atoms with Crippen molar-refractivity contribution in [3.63, 3.8) is 0 Å². The maximum Gasteiger partial charge on any atom is 0.407 e. The van der Waals surface area contributed by atoms with Gasteiger partial charge in [-0.2, -0.15) is 0 Å². The van der Waals surface area contributed by atoms with E-state index in [-0.39, 0.29) is 0 Å². The van der Waals surface area contributed by atoms with E-state index in [9.17, 15) is 4.79 Å². The van der Waals surface area contributed by atoms with Crippen LogP contribution in [0.5, 0.6) is 0 Å². The number of nitrogens with one attached hydrogen (secondary N) is 3. The molecule has 0 saturated carbocycles. The van der Waals surface area contributed by atoms with Crippen LogP contribution in [0.15, 0.2) is 4.99 Å². The van der Waals surface area contributed by atoms with Gasteiger partial charge in [0, 0.05) is 38.3 Å². The van der Waals surface area contributed by atoms with E-state index >= 15 is 0 Å². The second-order valence-corrected chi connectivity index (χ2v) is 7.97. The molecule has 1 fully saturated rings. The summed E-state index contributed by atoms with van der Waals surface area (Å²) in [7, 11) is 0. The van der Waals surface area contributed by atoms with Gasteiger partial charge >= 0.3 is 6.09 Å². The summed E-state index contributed by atoms with van der Waals surface area (Å²) in [6, 6.07) is 0.950. The number of hydrogen-bond acceptors (Lipinski definition) is 4. The molecule has 7 heteroatoms. The molecule has 2 unspecified atom stereocenters. The topological polar surface area (TPSA) is 78.0 Å². The molecule has 0 radical (unpaired) electrons. The highest BCUT2D eigenvalue weighted by Crippen LogP contribution is 2.18. The molecule has 146 valence electrons. The van der Waals surface area contributed by atoms with Crippen molar-refractivity contribution in [2.45, 2.75) is 66.2 Å². The van der Waals surface area contributed by atoms with Gasteiger partial charge in [0.15, 0.2) is 5.96 Å². The Kier molecular flexibility index (Phi) is 8.48.